The van der Waals surface area contributed by atoms with Crippen molar-refractivity contribution < 1.29 is 5.11 Å². The molecule has 0 radical (unpaired) electrons. The molecule has 5 heteroatoms. The summed E-state index contributed by atoms with van der Waals surface area (Å²) in [5.41, 5.74) is 9.21. The summed E-state index contributed by atoms with van der Waals surface area (Å²) >= 11 is 0. The standard InChI is InChI=1S/C50H32N4O/c55-46-28-14-25-41(50-52-48(34-16-3-1-4-17-34)51-49(53-50)35-18-5-2-6-19-35)47(46)38-21-8-7-20-36(31-38)37-29-30-45-42(32-37)40-24-11-12-26-44(40)54(45)43-27-13-22-33-15-9-10-23-39(33)43/h1-6,9-20,22-32,55H,7H2. The zero-order valence-electron chi connectivity index (χ0n) is 29.7. The highest BCUT2D eigenvalue weighted by Crippen LogP contribution is 2.40. The molecule has 2 heterocycles. The number of nitrogens with zero attached hydrogens (tertiary/aromatic N) is 4. The Bertz CT molecular complexity index is 3010. The van der Waals surface area contributed by atoms with Gasteiger partial charge in [-0.1, -0.05) is 151 Å². The third-order valence-corrected chi connectivity index (χ3v) is 10.2. The largest absolute Gasteiger partial charge is 0.507 e. The lowest BCUT2D eigenvalue weighted by atomic mass is 9.94. The molecular weight excluding hydrogens is 673 g/mol. The maximum Gasteiger partial charge on any atom is 0.164 e. The zero-order chi connectivity index (χ0) is 36.7. The lowest BCUT2D eigenvalue weighted by molar-refractivity contribution is 0.474. The number of aromatic hydroxyl groups is 1. The van der Waals surface area contributed by atoms with E-state index in [-0.39, 0.29) is 5.75 Å². The van der Waals surface area contributed by atoms with Gasteiger partial charge in [0.25, 0.3) is 0 Å². The van der Waals surface area contributed by atoms with Crippen LogP contribution in [0.3, 0.4) is 0 Å². The molecule has 9 aromatic rings. The van der Waals surface area contributed by atoms with E-state index >= 15 is 0 Å². The van der Waals surface area contributed by atoms with Gasteiger partial charge < -0.3 is 9.67 Å². The van der Waals surface area contributed by atoms with Gasteiger partial charge in [-0.05, 0) is 52.9 Å². The lowest BCUT2D eigenvalue weighted by Crippen LogP contribution is -2.02. The molecule has 0 atom stereocenters. The van der Waals surface area contributed by atoms with E-state index in [1.807, 2.05) is 72.8 Å². The van der Waals surface area contributed by atoms with Crippen LogP contribution in [-0.4, -0.2) is 24.6 Å². The second-order valence-corrected chi connectivity index (χ2v) is 13.5. The molecule has 0 saturated carbocycles. The fraction of sp³-hybridized carbons (Fsp3) is 0.0200. The Morgan fingerprint density at radius 3 is 1.95 bits per heavy atom. The first-order valence-corrected chi connectivity index (χ1v) is 18.3. The number of benzene rings is 7. The Labute approximate surface area is 318 Å². The summed E-state index contributed by atoms with van der Waals surface area (Å²) in [5, 5.41) is 16.3. The maximum absolute atomic E-state index is 11.6. The van der Waals surface area contributed by atoms with Crippen molar-refractivity contribution in [2.24, 2.45) is 0 Å². The minimum absolute atomic E-state index is 0.107. The number of hydrogen-bond donors (Lipinski definition) is 1. The topological polar surface area (TPSA) is 63.8 Å². The lowest BCUT2D eigenvalue weighted by Gasteiger charge is -2.14. The number of fused-ring (bicyclic) bond motifs is 4. The fourth-order valence-electron chi connectivity index (χ4n) is 7.65. The predicted octanol–water partition coefficient (Wildman–Crippen LogP) is 11.7. The fourth-order valence-corrected chi connectivity index (χ4v) is 7.65. The second-order valence-electron chi connectivity index (χ2n) is 13.5. The van der Waals surface area contributed by atoms with Crippen molar-refractivity contribution in [2.45, 2.75) is 6.42 Å². The van der Waals surface area contributed by atoms with Gasteiger partial charge in [0.2, 0.25) is 0 Å². The van der Waals surface area contributed by atoms with E-state index in [1.54, 1.807) is 6.07 Å². The average Bonchev–Trinajstić information content (AvgIpc) is 3.37. The van der Waals surface area contributed by atoms with Gasteiger partial charge in [0.1, 0.15) is 5.75 Å². The number of rotatable bonds is 6. The normalized spacial score (nSPS) is 12.6. The molecule has 5 nitrogen and oxygen atoms in total. The van der Waals surface area contributed by atoms with Crippen LogP contribution in [0.25, 0.3) is 83.6 Å². The van der Waals surface area contributed by atoms with Gasteiger partial charge in [0, 0.05) is 50.4 Å². The molecule has 0 fully saturated rings. The van der Waals surface area contributed by atoms with Crippen LogP contribution in [0.5, 0.6) is 5.75 Å². The first-order valence-electron chi connectivity index (χ1n) is 18.3. The molecule has 0 saturated heterocycles. The Balaban J connectivity index is 1.12. The Morgan fingerprint density at radius 1 is 0.527 bits per heavy atom. The third kappa shape index (κ3) is 5.74. The predicted molar refractivity (Wildman–Crippen MR) is 224 cm³/mol. The molecular formula is C50H32N4O. The van der Waals surface area contributed by atoms with Crippen molar-refractivity contribution in [1.29, 1.82) is 0 Å². The molecule has 0 bridgehead atoms. The molecule has 55 heavy (non-hydrogen) atoms. The quantitative estimate of drug-likeness (QED) is 0.175. The molecule has 1 N–H and O–H groups in total. The van der Waals surface area contributed by atoms with Crippen molar-refractivity contribution in [1.82, 2.24) is 19.5 Å². The van der Waals surface area contributed by atoms with Gasteiger partial charge in [-0.3, -0.25) is 0 Å². The summed E-state index contributed by atoms with van der Waals surface area (Å²) in [4.78, 5) is 14.8. The van der Waals surface area contributed by atoms with Gasteiger partial charge in [-0.2, -0.15) is 0 Å². The van der Waals surface area contributed by atoms with Gasteiger partial charge in [0.05, 0.1) is 16.7 Å². The molecule has 258 valence electrons. The molecule has 2 aromatic heterocycles. The number of aromatic nitrogens is 4. The van der Waals surface area contributed by atoms with Crippen molar-refractivity contribution in [3.63, 3.8) is 0 Å². The Hall–Kier alpha value is -7.55. The molecule has 0 unspecified atom stereocenters. The van der Waals surface area contributed by atoms with E-state index in [4.69, 9.17) is 15.0 Å². The van der Waals surface area contributed by atoms with Crippen LogP contribution in [0, 0.1) is 11.8 Å². The van der Waals surface area contributed by atoms with Crippen LogP contribution >= 0.6 is 0 Å². The van der Waals surface area contributed by atoms with Gasteiger partial charge in [-0.25, -0.2) is 15.0 Å². The summed E-state index contributed by atoms with van der Waals surface area (Å²) in [6, 6.07) is 55.6. The van der Waals surface area contributed by atoms with Crippen LogP contribution in [0.2, 0.25) is 0 Å². The number of phenols is 1. The second kappa shape index (κ2) is 13.5. The van der Waals surface area contributed by atoms with Crippen LogP contribution in [0.4, 0.5) is 0 Å². The van der Waals surface area contributed by atoms with E-state index in [0.717, 1.165) is 44.4 Å². The highest BCUT2D eigenvalue weighted by atomic mass is 16.3. The van der Waals surface area contributed by atoms with E-state index in [0.29, 0.717) is 40.6 Å². The highest BCUT2D eigenvalue weighted by molar-refractivity contribution is 6.12. The van der Waals surface area contributed by atoms with Crippen LogP contribution in [0.15, 0.2) is 176 Å². The van der Waals surface area contributed by atoms with Gasteiger partial charge in [0.15, 0.2) is 17.5 Å². The van der Waals surface area contributed by atoms with Crippen molar-refractivity contribution in [3.8, 4) is 57.4 Å². The summed E-state index contributed by atoms with van der Waals surface area (Å²) < 4.78 is 2.37. The zero-order valence-corrected chi connectivity index (χ0v) is 29.7. The minimum atomic E-state index is 0.107. The van der Waals surface area contributed by atoms with E-state index in [2.05, 4.69) is 113 Å². The van der Waals surface area contributed by atoms with Crippen molar-refractivity contribution in [2.75, 3.05) is 0 Å². The summed E-state index contributed by atoms with van der Waals surface area (Å²) in [6.07, 6.45) is 4.81. The van der Waals surface area contributed by atoms with Crippen LogP contribution < -0.4 is 0 Å². The summed E-state index contributed by atoms with van der Waals surface area (Å²) in [5.74, 6) is 8.37. The maximum atomic E-state index is 11.6. The SMILES string of the molecule is Oc1cccc(-c2nc(-c3ccccc3)nc(-c3ccccc3)n2)c1C1=CC(c2ccc3c(c2)c2ccccc2n3-c2cccc3ccccc23)=CCC#C1. The number of hydrogen-bond acceptors (Lipinski definition) is 4. The molecule has 10 rings (SSSR count). The monoisotopic (exact) mass is 704 g/mol. The Morgan fingerprint density at radius 2 is 1.16 bits per heavy atom. The molecule has 1 aliphatic rings. The van der Waals surface area contributed by atoms with Gasteiger partial charge >= 0.3 is 0 Å². The number of para-hydroxylation sites is 1. The first kappa shape index (κ1) is 32.1. The first-order chi connectivity index (χ1) is 27.2. The molecule has 0 spiro atoms. The Kier molecular flexibility index (Phi) is 7.86. The number of allylic oxidation sites excluding steroid dienone is 4. The minimum Gasteiger partial charge on any atom is -0.507 e. The highest BCUT2D eigenvalue weighted by Gasteiger charge is 2.21. The smallest absolute Gasteiger partial charge is 0.164 e. The number of phenolic OH excluding ortho intramolecular Hbond substituents is 1. The van der Waals surface area contributed by atoms with Crippen molar-refractivity contribution >= 4 is 43.7 Å². The van der Waals surface area contributed by atoms with E-state index in [1.165, 1.54) is 16.2 Å². The van der Waals surface area contributed by atoms with Gasteiger partial charge in [-0.15, -0.1) is 0 Å². The molecule has 0 aliphatic heterocycles. The van der Waals surface area contributed by atoms with Crippen LogP contribution in [0.1, 0.15) is 17.5 Å². The van der Waals surface area contributed by atoms with E-state index < -0.39 is 0 Å². The van der Waals surface area contributed by atoms with E-state index in [9.17, 15) is 5.11 Å². The molecule has 7 aromatic carbocycles. The summed E-state index contributed by atoms with van der Waals surface area (Å²) in [7, 11) is 0. The summed E-state index contributed by atoms with van der Waals surface area (Å²) in [6.45, 7) is 0. The third-order valence-electron chi connectivity index (χ3n) is 10.2. The average molecular weight is 705 g/mol. The molecule has 0 amide bonds. The van der Waals surface area contributed by atoms with Crippen molar-refractivity contribution in [3.05, 3.63) is 187 Å². The van der Waals surface area contributed by atoms with Crippen LogP contribution in [-0.2, 0) is 0 Å². The molecule has 1 aliphatic carbocycles.